The molecule has 13 heavy (non-hydrogen) atoms. The molecule has 1 aliphatic heterocycles. The molecule has 0 aromatic rings. The molecule has 0 amide bonds. The molecule has 1 saturated carbocycles. The summed E-state index contributed by atoms with van der Waals surface area (Å²) in [5.41, 5.74) is -0.820. The third kappa shape index (κ3) is 2.91. The van der Waals surface area contributed by atoms with Crippen molar-refractivity contribution >= 4 is 0 Å². The fraction of sp³-hybridized carbons (Fsp3) is 1.00. The summed E-state index contributed by atoms with van der Waals surface area (Å²) in [7, 11) is 0. The van der Waals surface area contributed by atoms with E-state index in [2.05, 4.69) is 5.32 Å². The van der Waals surface area contributed by atoms with Crippen molar-refractivity contribution in [2.75, 3.05) is 33.0 Å². The Labute approximate surface area is 78.2 Å². The van der Waals surface area contributed by atoms with Crippen LogP contribution in [0.1, 0.15) is 12.8 Å². The van der Waals surface area contributed by atoms with Crippen molar-refractivity contribution in [2.24, 2.45) is 0 Å². The molecule has 0 bridgehead atoms. The zero-order chi connectivity index (χ0) is 9.15. The van der Waals surface area contributed by atoms with Crippen molar-refractivity contribution in [1.29, 1.82) is 0 Å². The Hall–Kier alpha value is -0.160. The van der Waals surface area contributed by atoms with E-state index >= 15 is 0 Å². The number of ether oxygens (including phenoxy) is 2. The normalized spacial score (nSPS) is 28.4. The number of hydrogen-bond donors (Lipinski definition) is 2. The fourth-order valence-corrected chi connectivity index (χ4v) is 1.41. The monoisotopic (exact) mass is 187 g/mol. The quantitative estimate of drug-likeness (QED) is 0.626. The predicted molar refractivity (Wildman–Crippen MR) is 47.6 cm³/mol. The van der Waals surface area contributed by atoms with Gasteiger partial charge in [-0.3, -0.25) is 0 Å². The van der Waals surface area contributed by atoms with Crippen molar-refractivity contribution in [3.63, 3.8) is 0 Å². The van der Waals surface area contributed by atoms with Crippen molar-refractivity contribution in [3.05, 3.63) is 0 Å². The molecule has 0 aromatic carbocycles. The van der Waals surface area contributed by atoms with Crippen molar-refractivity contribution in [1.82, 2.24) is 5.32 Å². The van der Waals surface area contributed by atoms with Crippen LogP contribution in [0.2, 0.25) is 0 Å². The largest absolute Gasteiger partial charge is 0.384 e. The molecule has 4 heteroatoms. The average molecular weight is 187 g/mol. The minimum atomic E-state index is -0.820. The lowest BCUT2D eigenvalue weighted by Gasteiger charge is -2.25. The molecule has 2 aliphatic rings. The maximum atomic E-state index is 10.0. The topological polar surface area (TPSA) is 50.7 Å². The van der Waals surface area contributed by atoms with Gasteiger partial charge in [-0.25, -0.2) is 0 Å². The summed E-state index contributed by atoms with van der Waals surface area (Å²) in [6, 6.07) is 0.618. The molecular formula is C9H17NO3. The molecule has 0 atom stereocenters. The van der Waals surface area contributed by atoms with Gasteiger partial charge in [0.2, 0.25) is 0 Å². The first-order valence-corrected chi connectivity index (χ1v) is 4.90. The van der Waals surface area contributed by atoms with Crippen molar-refractivity contribution < 1.29 is 14.6 Å². The van der Waals surface area contributed by atoms with E-state index in [0.29, 0.717) is 39.0 Å². The maximum Gasteiger partial charge on any atom is 0.123 e. The molecule has 1 heterocycles. The van der Waals surface area contributed by atoms with Crippen LogP contribution in [0.5, 0.6) is 0 Å². The number of aliphatic hydroxyl groups is 1. The Kier molecular flexibility index (Phi) is 2.83. The summed E-state index contributed by atoms with van der Waals surface area (Å²) in [6.45, 7) is 2.52. The van der Waals surface area contributed by atoms with Crippen LogP contribution < -0.4 is 5.32 Å². The van der Waals surface area contributed by atoms with Gasteiger partial charge in [-0.15, -0.1) is 0 Å². The van der Waals surface area contributed by atoms with Gasteiger partial charge < -0.3 is 19.9 Å². The van der Waals surface area contributed by atoms with E-state index in [0.717, 1.165) is 0 Å². The third-order valence-electron chi connectivity index (χ3n) is 2.41. The van der Waals surface area contributed by atoms with Crippen LogP contribution in [0.25, 0.3) is 0 Å². The van der Waals surface area contributed by atoms with Crippen LogP contribution in [-0.4, -0.2) is 49.7 Å². The minimum Gasteiger partial charge on any atom is -0.384 e. The Bertz CT molecular complexity index is 162. The Morgan fingerprint density at radius 2 is 1.85 bits per heavy atom. The highest BCUT2D eigenvalue weighted by Crippen LogP contribution is 2.20. The van der Waals surface area contributed by atoms with Gasteiger partial charge in [0.05, 0.1) is 26.4 Å². The molecule has 1 aliphatic carbocycles. The molecule has 2 N–H and O–H groups in total. The number of rotatable bonds is 3. The number of nitrogens with one attached hydrogen (secondary N) is 1. The molecule has 1 saturated heterocycles. The third-order valence-corrected chi connectivity index (χ3v) is 2.41. The molecule has 0 unspecified atom stereocenters. The summed E-state index contributed by atoms with van der Waals surface area (Å²) < 4.78 is 10.5. The zero-order valence-electron chi connectivity index (χ0n) is 7.79. The second kappa shape index (κ2) is 3.92. The molecule has 76 valence electrons. The molecule has 2 fully saturated rings. The van der Waals surface area contributed by atoms with E-state index < -0.39 is 5.60 Å². The van der Waals surface area contributed by atoms with Crippen molar-refractivity contribution in [3.8, 4) is 0 Å². The first-order chi connectivity index (χ1) is 6.29. The Balaban J connectivity index is 1.76. The van der Waals surface area contributed by atoms with E-state index in [9.17, 15) is 5.11 Å². The van der Waals surface area contributed by atoms with Gasteiger partial charge in [0.25, 0.3) is 0 Å². The van der Waals surface area contributed by atoms with Gasteiger partial charge >= 0.3 is 0 Å². The first kappa shape index (κ1) is 9.40. The molecular weight excluding hydrogens is 170 g/mol. The van der Waals surface area contributed by atoms with E-state index in [4.69, 9.17) is 9.47 Å². The van der Waals surface area contributed by atoms with Gasteiger partial charge in [0.15, 0.2) is 0 Å². The fourth-order valence-electron chi connectivity index (χ4n) is 1.41. The van der Waals surface area contributed by atoms with Gasteiger partial charge in [0, 0.05) is 12.6 Å². The van der Waals surface area contributed by atoms with Crippen LogP contribution in [-0.2, 0) is 9.47 Å². The van der Waals surface area contributed by atoms with Gasteiger partial charge in [-0.1, -0.05) is 0 Å². The molecule has 0 aromatic heterocycles. The van der Waals surface area contributed by atoms with Gasteiger partial charge in [-0.05, 0) is 12.8 Å². The summed E-state index contributed by atoms with van der Waals surface area (Å²) in [4.78, 5) is 0. The second-order valence-electron chi connectivity index (χ2n) is 3.98. The lowest BCUT2D eigenvalue weighted by atomic mass is 10.1. The summed E-state index contributed by atoms with van der Waals surface area (Å²) in [6.07, 6.45) is 2.47. The summed E-state index contributed by atoms with van der Waals surface area (Å²) >= 11 is 0. The van der Waals surface area contributed by atoms with Crippen molar-refractivity contribution in [2.45, 2.75) is 24.5 Å². The SMILES string of the molecule is OC1(CNC2CC2)COCCOC1. The van der Waals surface area contributed by atoms with E-state index in [1.54, 1.807) is 0 Å². The van der Waals surface area contributed by atoms with Crippen LogP contribution in [0.15, 0.2) is 0 Å². The molecule has 0 radical (unpaired) electrons. The van der Waals surface area contributed by atoms with Crippen LogP contribution in [0.3, 0.4) is 0 Å². The first-order valence-electron chi connectivity index (χ1n) is 4.90. The lowest BCUT2D eigenvalue weighted by Crippen LogP contribution is -2.47. The van der Waals surface area contributed by atoms with Crippen LogP contribution in [0.4, 0.5) is 0 Å². The smallest absolute Gasteiger partial charge is 0.123 e. The Morgan fingerprint density at radius 1 is 1.23 bits per heavy atom. The second-order valence-corrected chi connectivity index (χ2v) is 3.98. The van der Waals surface area contributed by atoms with E-state index in [-0.39, 0.29) is 0 Å². The minimum absolute atomic E-state index is 0.382. The molecule has 2 rings (SSSR count). The highest BCUT2D eigenvalue weighted by molar-refractivity contribution is 4.88. The van der Waals surface area contributed by atoms with E-state index in [1.165, 1.54) is 12.8 Å². The maximum absolute atomic E-state index is 10.0. The average Bonchev–Trinajstić information content (AvgIpc) is 2.89. The standard InChI is InChI=1S/C9H17NO3/c11-9(5-10-8-1-2-8)6-12-3-4-13-7-9/h8,10-11H,1-7H2. The lowest BCUT2D eigenvalue weighted by molar-refractivity contribution is -0.0532. The molecule has 0 spiro atoms. The van der Waals surface area contributed by atoms with Gasteiger partial charge in [0.1, 0.15) is 5.60 Å². The van der Waals surface area contributed by atoms with Gasteiger partial charge in [-0.2, -0.15) is 0 Å². The predicted octanol–water partition coefficient (Wildman–Crippen LogP) is -0.484. The Morgan fingerprint density at radius 3 is 2.38 bits per heavy atom. The van der Waals surface area contributed by atoms with Crippen LogP contribution >= 0.6 is 0 Å². The zero-order valence-corrected chi connectivity index (χ0v) is 7.79. The number of hydrogen-bond acceptors (Lipinski definition) is 4. The highest BCUT2D eigenvalue weighted by Gasteiger charge is 2.32. The summed E-state index contributed by atoms with van der Waals surface area (Å²) in [5.74, 6) is 0. The van der Waals surface area contributed by atoms with E-state index in [1.807, 2.05) is 0 Å². The van der Waals surface area contributed by atoms with Crippen LogP contribution in [0, 0.1) is 0 Å². The highest BCUT2D eigenvalue weighted by atomic mass is 16.6. The summed E-state index contributed by atoms with van der Waals surface area (Å²) in [5, 5.41) is 13.3. The molecule has 4 nitrogen and oxygen atoms in total.